The number of hydrogen-bond acceptors (Lipinski definition) is 5. The molecule has 0 spiro atoms. The summed E-state index contributed by atoms with van der Waals surface area (Å²) in [4.78, 5) is 29.2. The SMILES string of the molecule is CCOC(=O)CNC(=O)NCc1ccnc(N(CC)CC)c1. The van der Waals surface area contributed by atoms with Gasteiger partial charge in [0.1, 0.15) is 12.4 Å². The summed E-state index contributed by atoms with van der Waals surface area (Å²) in [6.07, 6.45) is 1.72. The van der Waals surface area contributed by atoms with Gasteiger partial charge in [0.2, 0.25) is 0 Å². The summed E-state index contributed by atoms with van der Waals surface area (Å²) in [6, 6.07) is 3.38. The third kappa shape index (κ3) is 5.99. The monoisotopic (exact) mass is 308 g/mol. The number of hydrogen-bond donors (Lipinski definition) is 2. The predicted octanol–water partition coefficient (Wildman–Crippen LogP) is 1.29. The van der Waals surface area contributed by atoms with Crippen molar-refractivity contribution in [2.75, 3.05) is 31.1 Å². The maximum absolute atomic E-state index is 11.6. The lowest BCUT2D eigenvalue weighted by molar-refractivity contribution is -0.141. The summed E-state index contributed by atoms with van der Waals surface area (Å²) in [5.41, 5.74) is 0.947. The van der Waals surface area contributed by atoms with Crippen LogP contribution in [0.1, 0.15) is 26.3 Å². The van der Waals surface area contributed by atoms with Crippen LogP contribution < -0.4 is 15.5 Å². The molecule has 0 aliphatic rings. The van der Waals surface area contributed by atoms with Crippen molar-refractivity contribution in [1.29, 1.82) is 0 Å². The second-order valence-corrected chi connectivity index (χ2v) is 4.54. The Kier molecular flexibility index (Phi) is 7.74. The van der Waals surface area contributed by atoms with Gasteiger partial charge in [-0.25, -0.2) is 9.78 Å². The lowest BCUT2D eigenvalue weighted by Gasteiger charge is -2.20. The molecule has 0 fully saturated rings. The summed E-state index contributed by atoms with van der Waals surface area (Å²) in [5.74, 6) is 0.432. The van der Waals surface area contributed by atoms with Crippen LogP contribution in [0.2, 0.25) is 0 Å². The number of carbonyl (C=O) groups is 2. The second kappa shape index (κ2) is 9.59. The maximum atomic E-state index is 11.6. The maximum Gasteiger partial charge on any atom is 0.325 e. The molecule has 0 saturated carbocycles. The van der Waals surface area contributed by atoms with Crippen LogP contribution in [0.15, 0.2) is 18.3 Å². The van der Waals surface area contributed by atoms with E-state index in [-0.39, 0.29) is 6.54 Å². The van der Waals surface area contributed by atoms with E-state index in [1.54, 1.807) is 13.1 Å². The Bertz CT molecular complexity index is 489. The van der Waals surface area contributed by atoms with Crippen LogP contribution in [0.4, 0.5) is 10.6 Å². The van der Waals surface area contributed by atoms with Gasteiger partial charge in [0.25, 0.3) is 0 Å². The van der Waals surface area contributed by atoms with E-state index in [0.717, 1.165) is 24.5 Å². The summed E-state index contributed by atoms with van der Waals surface area (Å²) in [6.45, 7) is 8.13. The molecule has 122 valence electrons. The van der Waals surface area contributed by atoms with Crippen molar-refractivity contribution < 1.29 is 14.3 Å². The van der Waals surface area contributed by atoms with E-state index < -0.39 is 12.0 Å². The van der Waals surface area contributed by atoms with E-state index in [1.807, 2.05) is 12.1 Å². The fraction of sp³-hybridized carbons (Fsp3) is 0.533. The van der Waals surface area contributed by atoms with Gasteiger partial charge >= 0.3 is 12.0 Å². The molecular weight excluding hydrogens is 284 g/mol. The first kappa shape index (κ1) is 17.7. The number of nitrogens with one attached hydrogen (secondary N) is 2. The molecule has 0 aliphatic heterocycles. The number of carbonyl (C=O) groups excluding carboxylic acids is 2. The van der Waals surface area contributed by atoms with Crippen LogP contribution in [0.25, 0.3) is 0 Å². The first-order chi connectivity index (χ1) is 10.6. The van der Waals surface area contributed by atoms with Gasteiger partial charge in [0.15, 0.2) is 0 Å². The lowest BCUT2D eigenvalue weighted by Crippen LogP contribution is -2.38. The van der Waals surface area contributed by atoms with Crippen molar-refractivity contribution in [3.05, 3.63) is 23.9 Å². The van der Waals surface area contributed by atoms with Crippen LogP contribution in [0.5, 0.6) is 0 Å². The van der Waals surface area contributed by atoms with E-state index in [1.165, 1.54) is 0 Å². The quantitative estimate of drug-likeness (QED) is 0.707. The largest absolute Gasteiger partial charge is 0.465 e. The fourth-order valence-corrected chi connectivity index (χ4v) is 1.90. The third-order valence-electron chi connectivity index (χ3n) is 3.05. The van der Waals surface area contributed by atoms with Crippen molar-refractivity contribution in [2.45, 2.75) is 27.3 Å². The van der Waals surface area contributed by atoms with Crippen molar-refractivity contribution in [3.8, 4) is 0 Å². The zero-order valence-electron chi connectivity index (χ0n) is 13.4. The van der Waals surface area contributed by atoms with Crippen molar-refractivity contribution in [2.24, 2.45) is 0 Å². The number of ether oxygens (including phenoxy) is 1. The molecule has 0 radical (unpaired) electrons. The number of amides is 2. The third-order valence-corrected chi connectivity index (χ3v) is 3.05. The standard InChI is InChI=1S/C15H24N4O3/c1-4-19(5-2)13-9-12(7-8-16-13)10-17-15(21)18-11-14(20)22-6-3/h7-9H,4-6,10-11H2,1-3H3,(H2,17,18,21). The summed E-state index contributed by atoms with van der Waals surface area (Å²) < 4.78 is 4.73. The molecule has 0 aliphatic carbocycles. The van der Waals surface area contributed by atoms with E-state index in [9.17, 15) is 9.59 Å². The highest BCUT2D eigenvalue weighted by Crippen LogP contribution is 2.12. The zero-order chi connectivity index (χ0) is 16.4. The molecule has 7 heteroatoms. The molecule has 0 atom stereocenters. The van der Waals surface area contributed by atoms with E-state index >= 15 is 0 Å². The first-order valence-corrected chi connectivity index (χ1v) is 7.47. The average molecular weight is 308 g/mol. The van der Waals surface area contributed by atoms with E-state index in [4.69, 9.17) is 4.74 Å². The minimum absolute atomic E-state index is 0.138. The van der Waals surface area contributed by atoms with Gasteiger partial charge in [-0.3, -0.25) is 4.79 Å². The number of urea groups is 1. The van der Waals surface area contributed by atoms with Crippen molar-refractivity contribution >= 4 is 17.8 Å². The normalized spacial score (nSPS) is 9.95. The highest BCUT2D eigenvalue weighted by Gasteiger charge is 2.07. The van der Waals surface area contributed by atoms with E-state index in [0.29, 0.717) is 13.2 Å². The van der Waals surface area contributed by atoms with Gasteiger partial charge in [-0.05, 0) is 38.5 Å². The van der Waals surface area contributed by atoms with Crippen molar-refractivity contribution in [3.63, 3.8) is 0 Å². The fourth-order valence-electron chi connectivity index (χ4n) is 1.90. The summed E-state index contributed by atoms with van der Waals surface area (Å²) >= 11 is 0. The molecule has 1 rings (SSSR count). The predicted molar refractivity (Wildman–Crippen MR) is 84.7 cm³/mol. The van der Waals surface area contributed by atoms with Crippen LogP contribution in [-0.2, 0) is 16.1 Å². The Morgan fingerprint density at radius 3 is 2.59 bits per heavy atom. The van der Waals surface area contributed by atoms with Gasteiger partial charge in [-0.1, -0.05) is 0 Å². The molecule has 0 aromatic carbocycles. The lowest BCUT2D eigenvalue weighted by atomic mass is 10.2. The number of esters is 1. The Labute approximate surface area is 131 Å². The van der Waals surface area contributed by atoms with E-state index in [2.05, 4.69) is 34.4 Å². The number of nitrogens with zero attached hydrogens (tertiary/aromatic N) is 2. The van der Waals surface area contributed by atoms with Gasteiger partial charge in [-0.2, -0.15) is 0 Å². The number of anilines is 1. The van der Waals surface area contributed by atoms with Gasteiger partial charge in [0, 0.05) is 25.8 Å². The highest BCUT2D eigenvalue weighted by atomic mass is 16.5. The number of pyridine rings is 1. The molecular formula is C15H24N4O3. The van der Waals surface area contributed by atoms with Gasteiger partial charge < -0.3 is 20.3 Å². The minimum Gasteiger partial charge on any atom is -0.465 e. The van der Waals surface area contributed by atoms with Crippen LogP contribution >= 0.6 is 0 Å². The molecule has 0 saturated heterocycles. The number of aromatic nitrogens is 1. The molecule has 22 heavy (non-hydrogen) atoms. The highest BCUT2D eigenvalue weighted by molar-refractivity contribution is 5.80. The molecule has 1 heterocycles. The Morgan fingerprint density at radius 2 is 1.95 bits per heavy atom. The van der Waals surface area contributed by atoms with Crippen LogP contribution in [0.3, 0.4) is 0 Å². The molecule has 0 bridgehead atoms. The van der Waals surface area contributed by atoms with Gasteiger partial charge in [-0.15, -0.1) is 0 Å². The molecule has 2 N–H and O–H groups in total. The molecule has 7 nitrogen and oxygen atoms in total. The topological polar surface area (TPSA) is 83.6 Å². The Morgan fingerprint density at radius 1 is 1.23 bits per heavy atom. The summed E-state index contributed by atoms with van der Waals surface area (Å²) in [5, 5.41) is 5.14. The Balaban J connectivity index is 2.45. The van der Waals surface area contributed by atoms with Gasteiger partial charge in [0.05, 0.1) is 6.61 Å². The van der Waals surface area contributed by atoms with Crippen molar-refractivity contribution in [1.82, 2.24) is 15.6 Å². The smallest absolute Gasteiger partial charge is 0.325 e. The molecule has 0 unspecified atom stereocenters. The molecule has 1 aromatic heterocycles. The molecule has 1 aromatic rings. The average Bonchev–Trinajstić information content (AvgIpc) is 2.53. The zero-order valence-corrected chi connectivity index (χ0v) is 13.4. The van der Waals surface area contributed by atoms with Crippen LogP contribution in [0, 0.1) is 0 Å². The van der Waals surface area contributed by atoms with Crippen LogP contribution in [-0.4, -0.2) is 43.2 Å². The summed E-state index contributed by atoms with van der Waals surface area (Å²) in [7, 11) is 0. The molecule has 2 amide bonds. The number of rotatable bonds is 8. The Hall–Kier alpha value is -2.31. The minimum atomic E-state index is -0.453. The second-order valence-electron chi connectivity index (χ2n) is 4.54. The first-order valence-electron chi connectivity index (χ1n) is 7.47.